The van der Waals surface area contributed by atoms with Crippen molar-refractivity contribution in [1.82, 2.24) is 10.2 Å². The molecule has 0 aromatic heterocycles. The summed E-state index contributed by atoms with van der Waals surface area (Å²) in [5.74, 6) is -3.16. The van der Waals surface area contributed by atoms with Gasteiger partial charge in [0.25, 0.3) is 5.91 Å². The fraction of sp³-hybridized carbons (Fsp3) is 0.591. The number of hydrogen-bond acceptors (Lipinski definition) is 11. The van der Waals surface area contributed by atoms with Crippen molar-refractivity contribution >= 4 is 41.7 Å². The summed E-state index contributed by atoms with van der Waals surface area (Å²) in [5, 5.41) is 2.49. The van der Waals surface area contributed by atoms with Gasteiger partial charge in [-0.1, -0.05) is 48.5 Å². The topological polar surface area (TPSA) is 167 Å². The molecule has 2 aromatic carbocycles. The Morgan fingerprint density at radius 2 is 1.29 bits per heavy atom. The molecule has 58 heavy (non-hydrogen) atoms. The van der Waals surface area contributed by atoms with Gasteiger partial charge >= 0.3 is 30.1 Å². The van der Waals surface area contributed by atoms with Crippen molar-refractivity contribution in [3.63, 3.8) is 0 Å². The number of carbonyl (C=O) groups excluding carboxylic acids is 6. The molecule has 0 radical (unpaired) electrons. The van der Waals surface area contributed by atoms with Crippen LogP contribution in [0.5, 0.6) is 0 Å². The number of alkyl carbamates (subject to hydrolysis) is 1. The first-order valence-electron chi connectivity index (χ1n) is 19.7. The minimum atomic E-state index is -1.53. The summed E-state index contributed by atoms with van der Waals surface area (Å²) in [6, 6.07) is 12.0. The number of esters is 3. The van der Waals surface area contributed by atoms with E-state index in [1.54, 1.807) is 95.2 Å². The van der Waals surface area contributed by atoms with Gasteiger partial charge < -0.3 is 29.0 Å². The van der Waals surface area contributed by atoms with E-state index in [4.69, 9.17) is 23.7 Å². The van der Waals surface area contributed by atoms with Crippen molar-refractivity contribution in [1.29, 1.82) is 0 Å². The normalized spacial score (nSPS) is 16.4. The highest BCUT2D eigenvalue weighted by Gasteiger charge is 2.46. The van der Waals surface area contributed by atoms with Crippen LogP contribution in [0.15, 0.2) is 54.6 Å². The number of nitrogens with one attached hydrogen (secondary N) is 1. The number of carbonyl (C=O) groups is 6. The molecule has 320 valence electrons. The van der Waals surface area contributed by atoms with Gasteiger partial charge in [-0.05, 0) is 133 Å². The van der Waals surface area contributed by atoms with Gasteiger partial charge in [-0.3, -0.25) is 19.4 Å². The Hall–Kier alpha value is -5.14. The van der Waals surface area contributed by atoms with E-state index in [0.717, 1.165) is 16.0 Å². The fourth-order valence-corrected chi connectivity index (χ4v) is 6.23. The highest BCUT2D eigenvalue weighted by molar-refractivity contribution is 6.03. The average molecular weight is 810 g/mol. The molecule has 14 nitrogen and oxygen atoms in total. The van der Waals surface area contributed by atoms with Crippen molar-refractivity contribution in [3.8, 4) is 0 Å². The van der Waals surface area contributed by atoms with E-state index in [2.05, 4.69) is 5.32 Å². The van der Waals surface area contributed by atoms with E-state index in [-0.39, 0.29) is 19.3 Å². The van der Waals surface area contributed by atoms with E-state index in [1.807, 2.05) is 42.5 Å². The molecule has 4 atom stereocenters. The number of para-hydroxylation sites is 1. The number of aryl methyl sites for hydroxylation is 2. The molecule has 0 saturated heterocycles. The molecular formula is C44H63N3O11. The van der Waals surface area contributed by atoms with Crippen LogP contribution in [0.3, 0.4) is 0 Å². The lowest BCUT2D eigenvalue weighted by atomic mass is 9.99. The van der Waals surface area contributed by atoms with Gasteiger partial charge in [-0.15, -0.1) is 0 Å². The van der Waals surface area contributed by atoms with Crippen molar-refractivity contribution in [3.05, 3.63) is 65.7 Å². The second kappa shape index (κ2) is 19.1. The number of anilines is 1. The number of ether oxygens (including phenoxy) is 5. The molecule has 1 aliphatic heterocycles. The summed E-state index contributed by atoms with van der Waals surface area (Å²) < 4.78 is 28.5. The highest BCUT2D eigenvalue weighted by Crippen LogP contribution is 2.32. The number of fused-ring (bicyclic) bond motifs is 1. The number of nitrogens with zero attached hydrogens (tertiary/aromatic N) is 2. The van der Waals surface area contributed by atoms with Crippen LogP contribution in [-0.4, -0.2) is 94.1 Å². The molecule has 2 aromatic rings. The van der Waals surface area contributed by atoms with Gasteiger partial charge in [-0.2, -0.15) is 0 Å². The number of rotatable bonds is 12. The molecule has 0 saturated carbocycles. The zero-order chi connectivity index (χ0) is 43.8. The maximum Gasteiger partial charge on any atom is 0.411 e. The van der Waals surface area contributed by atoms with Gasteiger partial charge in [0.1, 0.15) is 47.1 Å². The third-order valence-electron chi connectivity index (χ3n) is 8.43. The SMILES string of the molecule is C[C@@H](OC(=O)[C@H](CCc1ccccc1)N(C(=O)OC(C)(C)C)[C@@H]1CCc2ccccc2N(CC(=O)OC(C)(C)C)C1=O)[C@H](NC(=O)OC(C)(C)C)C(=O)OC(C)(C)C. The molecule has 1 heterocycles. The zero-order valence-electron chi connectivity index (χ0n) is 36.4. The molecule has 1 N–H and O–H groups in total. The molecule has 0 unspecified atom stereocenters. The van der Waals surface area contributed by atoms with Gasteiger partial charge in [-0.25, -0.2) is 19.2 Å². The number of hydrogen-bond donors (Lipinski definition) is 1. The van der Waals surface area contributed by atoms with Gasteiger partial charge in [0.15, 0.2) is 6.04 Å². The quantitative estimate of drug-likeness (QED) is 0.172. The Morgan fingerprint density at radius 1 is 0.741 bits per heavy atom. The Morgan fingerprint density at radius 3 is 1.86 bits per heavy atom. The fourth-order valence-electron chi connectivity index (χ4n) is 6.23. The van der Waals surface area contributed by atoms with Crippen molar-refractivity contribution in [2.75, 3.05) is 11.4 Å². The molecule has 0 bridgehead atoms. The van der Waals surface area contributed by atoms with Crippen molar-refractivity contribution in [2.45, 2.75) is 162 Å². The van der Waals surface area contributed by atoms with E-state index in [9.17, 15) is 28.8 Å². The first-order chi connectivity index (χ1) is 26.6. The lowest BCUT2D eigenvalue weighted by Crippen LogP contribution is -2.59. The average Bonchev–Trinajstić information content (AvgIpc) is 3.18. The lowest BCUT2D eigenvalue weighted by Gasteiger charge is -2.39. The van der Waals surface area contributed by atoms with Crippen LogP contribution in [0.4, 0.5) is 15.3 Å². The van der Waals surface area contributed by atoms with E-state index >= 15 is 0 Å². The van der Waals surface area contributed by atoms with Crippen LogP contribution < -0.4 is 10.2 Å². The molecule has 14 heteroatoms. The molecule has 0 fully saturated rings. The van der Waals surface area contributed by atoms with Gasteiger partial charge in [0.2, 0.25) is 0 Å². The van der Waals surface area contributed by atoms with Crippen LogP contribution in [0.2, 0.25) is 0 Å². The Bertz CT molecular complexity index is 1770. The van der Waals surface area contributed by atoms with Gasteiger partial charge in [0.05, 0.1) is 0 Å². The maximum absolute atomic E-state index is 14.9. The molecule has 0 spiro atoms. The second-order valence-corrected chi connectivity index (χ2v) is 18.4. The standard InChI is InChI=1S/C44H63N3O11/c1-28(35(38(51)56-42(5,6)7)45-39(52)57-43(8,9)10)54-37(50)33(25-23-29-19-15-14-16-20-29)47(40(53)58-44(11,12)13)32-26-24-30-21-17-18-22-31(30)46(36(32)49)27-34(48)55-41(2,3)4/h14-22,28,32-33,35H,23-27H2,1-13H3,(H,45,52)/t28-,32-,33+,35+/m1/s1. The highest BCUT2D eigenvalue weighted by atomic mass is 16.6. The summed E-state index contributed by atoms with van der Waals surface area (Å²) >= 11 is 0. The van der Waals surface area contributed by atoms with Crippen LogP contribution >= 0.6 is 0 Å². The van der Waals surface area contributed by atoms with Crippen LogP contribution in [0.25, 0.3) is 0 Å². The molecule has 3 amide bonds. The summed E-state index contributed by atoms with van der Waals surface area (Å²) in [6.07, 6.45) is -2.67. The molecular weight excluding hydrogens is 746 g/mol. The largest absolute Gasteiger partial charge is 0.459 e. The summed E-state index contributed by atoms with van der Waals surface area (Å²) in [6.45, 7) is 21.0. The minimum absolute atomic E-state index is 0.0335. The predicted octanol–water partition coefficient (Wildman–Crippen LogP) is 7.08. The third kappa shape index (κ3) is 15.0. The number of benzene rings is 2. The van der Waals surface area contributed by atoms with E-state index in [0.29, 0.717) is 12.1 Å². The lowest BCUT2D eigenvalue weighted by molar-refractivity contribution is -0.167. The van der Waals surface area contributed by atoms with E-state index < -0.39 is 89.2 Å². The Balaban J connectivity index is 2.16. The minimum Gasteiger partial charge on any atom is -0.459 e. The Kier molecular flexibility index (Phi) is 15.5. The smallest absolute Gasteiger partial charge is 0.411 e. The first kappa shape index (κ1) is 47.2. The predicted molar refractivity (Wildman–Crippen MR) is 218 cm³/mol. The molecule has 0 aliphatic carbocycles. The summed E-state index contributed by atoms with van der Waals surface area (Å²) in [5.41, 5.74) is -1.73. The summed E-state index contributed by atoms with van der Waals surface area (Å²) in [4.78, 5) is 86.3. The monoisotopic (exact) mass is 809 g/mol. The van der Waals surface area contributed by atoms with Gasteiger partial charge in [0, 0.05) is 5.69 Å². The Labute approximate surface area is 343 Å². The first-order valence-corrected chi connectivity index (χ1v) is 19.7. The second-order valence-electron chi connectivity index (χ2n) is 18.4. The van der Waals surface area contributed by atoms with E-state index in [1.165, 1.54) is 11.8 Å². The maximum atomic E-state index is 14.9. The molecule has 1 aliphatic rings. The summed E-state index contributed by atoms with van der Waals surface area (Å²) in [7, 11) is 0. The van der Waals surface area contributed by atoms with Crippen LogP contribution in [-0.2, 0) is 55.7 Å². The zero-order valence-corrected chi connectivity index (χ0v) is 36.4. The van der Waals surface area contributed by atoms with Crippen molar-refractivity contribution < 1.29 is 52.5 Å². The number of amides is 3. The third-order valence-corrected chi connectivity index (χ3v) is 8.43. The van der Waals surface area contributed by atoms with Crippen molar-refractivity contribution in [2.24, 2.45) is 0 Å². The van der Waals surface area contributed by atoms with Crippen LogP contribution in [0.1, 0.15) is 114 Å². The van der Waals surface area contributed by atoms with Crippen LogP contribution in [0, 0.1) is 0 Å². The molecule has 3 rings (SSSR count).